The summed E-state index contributed by atoms with van der Waals surface area (Å²) in [6.45, 7) is 6.79. The summed E-state index contributed by atoms with van der Waals surface area (Å²) in [5.74, 6) is 1.02. The molecule has 0 aliphatic carbocycles. The molecule has 4 nitrogen and oxygen atoms in total. The van der Waals surface area contributed by atoms with Crippen molar-refractivity contribution in [2.45, 2.75) is 58.0 Å². The van der Waals surface area contributed by atoms with E-state index < -0.39 is 0 Å². The lowest BCUT2D eigenvalue weighted by Crippen LogP contribution is -2.41. The number of hydrogen-bond acceptors (Lipinski definition) is 3. The van der Waals surface area contributed by atoms with Gasteiger partial charge < -0.3 is 10.1 Å². The number of nitrogens with one attached hydrogen (secondary N) is 1. The third kappa shape index (κ3) is 5.80. The van der Waals surface area contributed by atoms with E-state index in [2.05, 4.69) is 17.1 Å². The van der Waals surface area contributed by atoms with E-state index in [-0.39, 0.29) is 5.91 Å². The van der Waals surface area contributed by atoms with Gasteiger partial charge in [-0.2, -0.15) is 0 Å². The van der Waals surface area contributed by atoms with E-state index in [0.717, 1.165) is 51.4 Å². The van der Waals surface area contributed by atoms with Gasteiger partial charge >= 0.3 is 0 Å². The first-order valence-corrected chi connectivity index (χ1v) is 8.34. The Morgan fingerprint density at radius 3 is 2.75 bits per heavy atom. The summed E-state index contributed by atoms with van der Waals surface area (Å²) in [4.78, 5) is 14.1. The molecule has 2 rings (SSSR count). The highest BCUT2D eigenvalue weighted by Crippen LogP contribution is 2.17. The van der Waals surface area contributed by atoms with E-state index in [0.29, 0.717) is 12.6 Å². The molecule has 2 aliphatic rings. The number of ether oxygens (including phenoxy) is 1. The van der Waals surface area contributed by atoms with Crippen LogP contribution >= 0.6 is 0 Å². The van der Waals surface area contributed by atoms with Gasteiger partial charge in [0.1, 0.15) is 0 Å². The highest BCUT2D eigenvalue weighted by Gasteiger charge is 2.18. The minimum atomic E-state index is 0.191. The van der Waals surface area contributed by atoms with Crippen LogP contribution in [0.4, 0.5) is 0 Å². The Kier molecular flexibility index (Phi) is 6.80. The first kappa shape index (κ1) is 15.8. The summed E-state index contributed by atoms with van der Waals surface area (Å²) < 4.78 is 5.60. The largest absolute Gasteiger partial charge is 0.378 e. The van der Waals surface area contributed by atoms with Crippen LogP contribution in [0.15, 0.2) is 0 Å². The highest BCUT2D eigenvalue weighted by atomic mass is 16.5. The van der Waals surface area contributed by atoms with Crippen LogP contribution < -0.4 is 5.32 Å². The average Bonchev–Trinajstić information content (AvgIpc) is 2.94. The normalized spacial score (nSPS) is 24.9. The smallest absolute Gasteiger partial charge is 0.234 e. The molecule has 1 N–H and O–H groups in total. The fourth-order valence-corrected chi connectivity index (χ4v) is 3.08. The van der Waals surface area contributed by atoms with Crippen molar-refractivity contribution in [1.29, 1.82) is 0 Å². The van der Waals surface area contributed by atoms with E-state index in [1.807, 2.05) is 0 Å². The number of carbonyl (C=O) groups excluding carboxylic acids is 1. The van der Waals surface area contributed by atoms with E-state index in [4.69, 9.17) is 4.74 Å². The maximum absolute atomic E-state index is 11.8. The summed E-state index contributed by atoms with van der Waals surface area (Å²) in [6.07, 6.45) is 8.77. The van der Waals surface area contributed by atoms with Gasteiger partial charge in [-0.3, -0.25) is 9.69 Å². The molecule has 2 fully saturated rings. The lowest BCUT2D eigenvalue weighted by Gasteiger charge is -2.29. The van der Waals surface area contributed by atoms with Crippen LogP contribution in [0.5, 0.6) is 0 Å². The number of hydrogen-bond donors (Lipinski definition) is 1. The maximum atomic E-state index is 11.8. The van der Waals surface area contributed by atoms with E-state index in [9.17, 15) is 4.79 Å². The van der Waals surface area contributed by atoms with Crippen LogP contribution in [0.2, 0.25) is 0 Å². The lowest BCUT2D eigenvalue weighted by atomic mass is 9.99. The number of rotatable bonds is 7. The quantitative estimate of drug-likeness (QED) is 0.728. The van der Waals surface area contributed by atoms with E-state index in [1.165, 1.54) is 25.7 Å². The third-order valence-electron chi connectivity index (χ3n) is 4.54. The van der Waals surface area contributed by atoms with Crippen molar-refractivity contribution < 1.29 is 9.53 Å². The molecule has 0 spiro atoms. The molecule has 0 saturated carbocycles. The predicted molar refractivity (Wildman–Crippen MR) is 80.7 cm³/mol. The Morgan fingerprint density at radius 1 is 1.25 bits per heavy atom. The third-order valence-corrected chi connectivity index (χ3v) is 4.54. The summed E-state index contributed by atoms with van der Waals surface area (Å²) in [5, 5.41) is 3.05. The molecule has 116 valence electrons. The molecule has 20 heavy (non-hydrogen) atoms. The molecule has 2 aliphatic heterocycles. The van der Waals surface area contributed by atoms with Gasteiger partial charge in [-0.15, -0.1) is 0 Å². The monoisotopic (exact) mass is 282 g/mol. The number of carbonyl (C=O) groups is 1. The molecule has 2 saturated heterocycles. The molecule has 0 bridgehead atoms. The summed E-state index contributed by atoms with van der Waals surface area (Å²) in [7, 11) is 0. The molecule has 0 aromatic rings. The van der Waals surface area contributed by atoms with Crippen LogP contribution in [0.1, 0.15) is 51.9 Å². The van der Waals surface area contributed by atoms with Crippen molar-refractivity contribution in [2.75, 3.05) is 32.8 Å². The van der Waals surface area contributed by atoms with Crippen LogP contribution in [-0.2, 0) is 9.53 Å². The second-order valence-electron chi connectivity index (χ2n) is 6.44. The molecular formula is C16H30N2O2. The zero-order chi connectivity index (χ0) is 14.2. The molecule has 0 aromatic carbocycles. The SMILES string of the molecule is CC1CCN(CC(=O)NCCCC[C@@H]2CCCO2)CC1. The lowest BCUT2D eigenvalue weighted by molar-refractivity contribution is -0.122. The van der Waals surface area contributed by atoms with E-state index >= 15 is 0 Å². The second kappa shape index (κ2) is 8.63. The first-order chi connectivity index (χ1) is 9.74. The van der Waals surface area contributed by atoms with Gasteiger partial charge in [0.15, 0.2) is 0 Å². The Labute approximate surface area is 123 Å². The Balaban J connectivity index is 1.45. The fourth-order valence-electron chi connectivity index (χ4n) is 3.08. The van der Waals surface area contributed by atoms with Crippen LogP contribution in [-0.4, -0.2) is 49.7 Å². The number of amides is 1. The van der Waals surface area contributed by atoms with Crippen LogP contribution in [0, 0.1) is 5.92 Å². The molecule has 1 amide bonds. The zero-order valence-electron chi connectivity index (χ0n) is 12.9. The molecule has 0 radical (unpaired) electrons. The van der Waals surface area contributed by atoms with Gasteiger partial charge in [0.05, 0.1) is 12.6 Å². The Morgan fingerprint density at radius 2 is 2.05 bits per heavy atom. The minimum absolute atomic E-state index is 0.191. The summed E-state index contributed by atoms with van der Waals surface area (Å²) >= 11 is 0. The van der Waals surface area contributed by atoms with Gasteiger partial charge in [0, 0.05) is 13.2 Å². The van der Waals surface area contributed by atoms with Crippen molar-refractivity contribution in [3.05, 3.63) is 0 Å². The Bertz CT molecular complexity index is 282. The topological polar surface area (TPSA) is 41.6 Å². The van der Waals surface area contributed by atoms with Gasteiger partial charge in [0.2, 0.25) is 5.91 Å². The standard InChI is InChI=1S/C16H30N2O2/c1-14-7-10-18(11-8-14)13-16(19)17-9-3-2-5-15-6-4-12-20-15/h14-15H,2-13H2,1H3,(H,17,19)/t15-/m1/s1. The van der Waals surface area contributed by atoms with Crippen molar-refractivity contribution in [3.8, 4) is 0 Å². The molecule has 2 heterocycles. The maximum Gasteiger partial charge on any atom is 0.234 e. The average molecular weight is 282 g/mol. The first-order valence-electron chi connectivity index (χ1n) is 8.34. The van der Waals surface area contributed by atoms with Gasteiger partial charge in [-0.1, -0.05) is 6.92 Å². The number of nitrogens with zero attached hydrogens (tertiary/aromatic N) is 1. The van der Waals surface area contributed by atoms with Crippen LogP contribution in [0.3, 0.4) is 0 Å². The number of unbranched alkanes of at least 4 members (excludes halogenated alkanes) is 1. The molecule has 4 heteroatoms. The van der Waals surface area contributed by atoms with Crippen molar-refractivity contribution in [1.82, 2.24) is 10.2 Å². The molecule has 0 unspecified atom stereocenters. The predicted octanol–water partition coefficient (Wildman–Crippen LogP) is 2.18. The van der Waals surface area contributed by atoms with Crippen LogP contribution in [0.25, 0.3) is 0 Å². The Hall–Kier alpha value is -0.610. The molecule has 0 aromatic heterocycles. The zero-order valence-corrected chi connectivity index (χ0v) is 12.9. The van der Waals surface area contributed by atoms with E-state index in [1.54, 1.807) is 0 Å². The van der Waals surface area contributed by atoms with Gasteiger partial charge in [-0.25, -0.2) is 0 Å². The summed E-state index contributed by atoms with van der Waals surface area (Å²) in [5.41, 5.74) is 0. The van der Waals surface area contributed by atoms with Gasteiger partial charge in [0.25, 0.3) is 0 Å². The van der Waals surface area contributed by atoms with Crippen molar-refractivity contribution in [2.24, 2.45) is 5.92 Å². The fraction of sp³-hybridized carbons (Fsp3) is 0.938. The van der Waals surface area contributed by atoms with Crippen molar-refractivity contribution >= 4 is 5.91 Å². The number of piperidine rings is 1. The van der Waals surface area contributed by atoms with Gasteiger partial charge in [-0.05, 0) is 64.0 Å². The van der Waals surface area contributed by atoms with Crippen molar-refractivity contribution in [3.63, 3.8) is 0 Å². The highest BCUT2D eigenvalue weighted by molar-refractivity contribution is 5.77. The number of likely N-dealkylation sites (tertiary alicyclic amines) is 1. The minimum Gasteiger partial charge on any atom is -0.378 e. The summed E-state index contributed by atoms with van der Waals surface area (Å²) in [6, 6.07) is 0. The molecular weight excluding hydrogens is 252 g/mol. The second-order valence-corrected chi connectivity index (χ2v) is 6.44. The molecule has 1 atom stereocenters.